The smallest absolute Gasteiger partial charge is 0.335 e. The predicted octanol–water partition coefficient (Wildman–Crippen LogP) is 5.06. The minimum Gasteiger partial charge on any atom is -0.478 e. The molecule has 23 heavy (non-hydrogen) atoms. The van der Waals surface area contributed by atoms with Crippen molar-refractivity contribution in [3.8, 4) is 11.1 Å². The zero-order valence-electron chi connectivity index (χ0n) is 12.3. The van der Waals surface area contributed by atoms with Gasteiger partial charge in [-0.2, -0.15) is 0 Å². The molecule has 2 nitrogen and oxygen atoms in total. The summed E-state index contributed by atoms with van der Waals surface area (Å²) in [5, 5.41) is 10.0. The summed E-state index contributed by atoms with van der Waals surface area (Å²) >= 11 is 1.77. The van der Waals surface area contributed by atoms with Crippen LogP contribution in [0.25, 0.3) is 11.1 Å². The highest BCUT2D eigenvalue weighted by atomic mass is 32.7. The first-order valence-electron chi connectivity index (χ1n) is 7.14. The number of hydrogen-bond donors (Lipinski definition) is 1. The van der Waals surface area contributed by atoms with Crippen molar-refractivity contribution >= 4 is 30.4 Å². The van der Waals surface area contributed by atoms with Crippen molar-refractivity contribution in [2.45, 2.75) is 4.90 Å². The Kier molecular flexibility index (Phi) is 5.12. The molecule has 0 aliphatic carbocycles. The molecular weight excluding hydrogens is 323 g/mol. The van der Waals surface area contributed by atoms with Gasteiger partial charge in [0.15, 0.2) is 0 Å². The largest absolute Gasteiger partial charge is 0.478 e. The van der Waals surface area contributed by atoms with Crippen molar-refractivity contribution in [2.24, 2.45) is 0 Å². The molecule has 0 radical (unpaired) electrons. The van der Waals surface area contributed by atoms with Gasteiger partial charge in [0, 0.05) is 4.90 Å². The Labute approximate surface area is 141 Å². The van der Waals surface area contributed by atoms with Gasteiger partial charge in [0.2, 0.25) is 0 Å². The molecule has 0 heterocycles. The molecule has 3 rings (SSSR count). The summed E-state index contributed by atoms with van der Waals surface area (Å²) < 4.78 is 0. The van der Waals surface area contributed by atoms with E-state index in [1.54, 1.807) is 23.5 Å². The Morgan fingerprint density at radius 1 is 0.783 bits per heavy atom. The van der Waals surface area contributed by atoms with E-state index in [1.165, 1.54) is 16.0 Å². The summed E-state index contributed by atoms with van der Waals surface area (Å²) in [5.74, 6) is -0.885. The Balaban J connectivity index is 1.63. The van der Waals surface area contributed by atoms with Gasteiger partial charge in [-0.15, -0.1) is 0 Å². The van der Waals surface area contributed by atoms with Crippen LogP contribution in [0.4, 0.5) is 0 Å². The first-order valence-corrected chi connectivity index (χ1v) is 9.68. The third-order valence-electron chi connectivity index (χ3n) is 3.38. The summed E-state index contributed by atoms with van der Waals surface area (Å²) in [6.45, 7) is 0. The summed E-state index contributed by atoms with van der Waals surface area (Å²) in [6.07, 6.45) is 0. The topological polar surface area (TPSA) is 37.3 Å². The van der Waals surface area contributed by atoms with Crippen molar-refractivity contribution in [1.29, 1.82) is 0 Å². The van der Waals surface area contributed by atoms with Gasteiger partial charge in [-0.25, -0.2) is 4.79 Å². The Morgan fingerprint density at radius 2 is 1.39 bits per heavy atom. The second-order valence-electron chi connectivity index (χ2n) is 4.98. The third-order valence-corrected chi connectivity index (χ3v) is 6.28. The lowest BCUT2D eigenvalue weighted by atomic mass is 10.1. The van der Waals surface area contributed by atoms with Crippen molar-refractivity contribution in [2.75, 3.05) is 0 Å². The molecule has 114 valence electrons. The number of aromatic carboxylic acids is 1. The van der Waals surface area contributed by atoms with Crippen molar-refractivity contribution in [1.82, 2.24) is 0 Å². The molecule has 4 heteroatoms. The fourth-order valence-corrected chi connectivity index (χ4v) is 4.48. The van der Waals surface area contributed by atoms with Gasteiger partial charge in [-0.1, -0.05) is 66.0 Å². The SMILES string of the molecule is O=C(O)c1ccc(PSc2ccc(-c3ccccc3)cc2)cc1. The molecule has 0 aliphatic rings. The lowest BCUT2D eigenvalue weighted by Crippen LogP contribution is -1.99. The molecule has 0 bridgehead atoms. The average Bonchev–Trinajstić information content (AvgIpc) is 2.61. The first-order chi connectivity index (χ1) is 11.2. The van der Waals surface area contributed by atoms with Gasteiger partial charge in [0.05, 0.1) is 5.56 Å². The normalized spacial score (nSPS) is 11.0. The van der Waals surface area contributed by atoms with E-state index >= 15 is 0 Å². The van der Waals surface area contributed by atoms with E-state index in [-0.39, 0.29) is 0 Å². The van der Waals surface area contributed by atoms with Crippen LogP contribution in [0.2, 0.25) is 0 Å². The molecule has 1 unspecified atom stereocenters. The number of benzene rings is 3. The Bertz CT molecular complexity index is 784. The number of hydrogen-bond acceptors (Lipinski definition) is 2. The van der Waals surface area contributed by atoms with Crippen LogP contribution < -0.4 is 5.30 Å². The molecule has 1 atom stereocenters. The van der Waals surface area contributed by atoms with E-state index in [2.05, 4.69) is 36.4 Å². The monoisotopic (exact) mass is 338 g/mol. The van der Waals surface area contributed by atoms with Gasteiger partial charge in [0.1, 0.15) is 0 Å². The highest BCUT2D eigenvalue weighted by molar-refractivity contribution is 8.51. The van der Waals surface area contributed by atoms with Crippen molar-refractivity contribution in [3.63, 3.8) is 0 Å². The van der Waals surface area contributed by atoms with Crippen molar-refractivity contribution in [3.05, 3.63) is 84.4 Å². The maximum absolute atomic E-state index is 10.8. The van der Waals surface area contributed by atoms with Crippen LogP contribution >= 0.6 is 19.2 Å². The zero-order chi connectivity index (χ0) is 16.1. The number of carbonyl (C=O) groups is 1. The molecule has 0 aliphatic heterocycles. The van der Waals surface area contributed by atoms with Crippen LogP contribution in [0.5, 0.6) is 0 Å². The average molecular weight is 338 g/mol. The maximum Gasteiger partial charge on any atom is 0.335 e. The van der Waals surface area contributed by atoms with Gasteiger partial charge >= 0.3 is 5.97 Å². The second kappa shape index (κ2) is 7.45. The Morgan fingerprint density at radius 3 is 2.00 bits per heavy atom. The van der Waals surface area contributed by atoms with E-state index < -0.39 is 5.97 Å². The molecular formula is C19H15O2PS. The van der Waals surface area contributed by atoms with Crippen LogP contribution in [0.3, 0.4) is 0 Å². The summed E-state index contributed by atoms with van der Waals surface area (Å²) in [5.41, 5.74) is 2.76. The van der Waals surface area contributed by atoms with E-state index in [1.807, 2.05) is 30.3 Å². The molecule has 0 amide bonds. The van der Waals surface area contributed by atoms with Crippen LogP contribution in [-0.2, 0) is 0 Å². The molecule has 0 spiro atoms. The highest BCUT2D eigenvalue weighted by Gasteiger charge is 2.03. The van der Waals surface area contributed by atoms with Crippen LogP contribution in [0.15, 0.2) is 83.8 Å². The minimum absolute atomic E-state index is 0.329. The van der Waals surface area contributed by atoms with E-state index in [4.69, 9.17) is 5.11 Å². The van der Waals surface area contributed by atoms with Crippen LogP contribution in [0, 0.1) is 0 Å². The molecule has 1 N–H and O–H groups in total. The second-order valence-corrected chi connectivity index (χ2v) is 7.66. The predicted molar refractivity (Wildman–Crippen MR) is 99.1 cm³/mol. The van der Waals surface area contributed by atoms with Crippen LogP contribution in [-0.4, -0.2) is 11.1 Å². The van der Waals surface area contributed by atoms with E-state index in [9.17, 15) is 4.79 Å². The molecule has 3 aromatic rings. The molecule has 0 aromatic heterocycles. The zero-order valence-corrected chi connectivity index (χ0v) is 14.1. The maximum atomic E-state index is 10.8. The first kappa shape index (κ1) is 15.8. The van der Waals surface area contributed by atoms with Crippen LogP contribution in [0.1, 0.15) is 10.4 Å². The standard InChI is InChI=1S/C19H15O2PS/c20-19(21)16-6-10-17(11-7-16)22-23-18-12-8-15(9-13-18)14-4-2-1-3-5-14/h1-13,22H,(H,20,21). The molecule has 3 aromatic carbocycles. The van der Waals surface area contributed by atoms with Gasteiger partial charge in [0.25, 0.3) is 0 Å². The lowest BCUT2D eigenvalue weighted by molar-refractivity contribution is 0.0697. The minimum atomic E-state index is -0.885. The fraction of sp³-hybridized carbons (Fsp3) is 0. The summed E-state index contributed by atoms with van der Waals surface area (Å²) in [7, 11) is 0.559. The van der Waals surface area contributed by atoms with Gasteiger partial charge < -0.3 is 5.11 Å². The van der Waals surface area contributed by atoms with Gasteiger partial charge in [-0.05, 0) is 48.5 Å². The summed E-state index contributed by atoms with van der Waals surface area (Å²) in [4.78, 5) is 12.1. The number of carboxylic acid groups (broad SMARTS) is 1. The van der Waals surface area contributed by atoms with E-state index in [0.29, 0.717) is 13.3 Å². The molecule has 0 saturated heterocycles. The number of carboxylic acids is 1. The Hall–Kier alpha value is -2.09. The highest BCUT2D eigenvalue weighted by Crippen LogP contribution is 2.37. The van der Waals surface area contributed by atoms with Crippen molar-refractivity contribution < 1.29 is 9.90 Å². The van der Waals surface area contributed by atoms with Gasteiger partial charge in [-0.3, -0.25) is 0 Å². The molecule has 0 fully saturated rings. The lowest BCUT2D eigenvalue weighted by Gasteiger charge is -2.05. The summed E-state index contributed by atoms with van der Waals surface area (Å²) in [6, 6.07) is 25.9. The van der Waals surface area contributed by atoms with E-state index in [0.717, 1.165) is 5.30 Å². The fourth-order valence-electron chi connectivity index (χ4n) is 2.14. The molecule has 0 saturated carbocycles. The third kappa shape index (κ3) is 4.22. The quantitative estimate of drug-likeness (QED) is 0.661. The number of rotatable bonds is 5.